The second-order valence-electron chi connectivity index (χ2n) is 5.53. The van der Waals surface area contributed by atoms with Gasteiger partial charge in [-0.1, -0.05) is 74.4 Å². The van der Waals surface area contributed by atoms with E-state index in [-0.39, 0.29) is 5.97 Å². The summed E-state index contributed by atoms with van der Waals surface area (Å²) < 4.78 is 4.79. The van der Waals surface area contributed by atoms with Gasteiger partial charge in [0.15, 0.2) is 0 Å². The van der Waals surface area contributed by atoms with Crippen molar-refractivity contribution < 1.29 is 9.53 Å². The molecule has 0 bridgehead atoms. The Bertz CT molecular complexity index is 425. The van der Waals surface area contributed by atoms with Crippen molar-refractivity contribution in [2.24, 2.45) is 0 Å². The lowest BCUT2D eigenvalue weighted by Gasteiger charge is -1.92. The van der Waals surface area contributed by atoms with Crippen LogP contribution in [0.3, 0.4) is 0 Å². The fourth-order valence-corrected chi connectivity index (χ4v) is 1.99. The lowest BCUT2D eigenvalue weighted by atomic mass is 10.1. The molecule has 24 heavy (non-hydrogen) atoms. The molecule has 0 saturated carbocycles. The van der Waals surface area contributed by atoms with Crippen molar-refractivity contribution in [3.8, 4) is 0 Å². The van der Waals surface area contributed by atoms with Crippen LogP contribution < -0.4 is 0 Å². The van der Waals surface area contributed by atoms with E-state index in [1.54, 1.807) is 13.0 Å². The first-order valence-electron chi connectivity index (χ1n) is 9.27. The van der Waals surface area contributed by atoms with Crippen LogP contribution in [-0.4, -0.2) is 12.6 Å². The lowest BCUT2D eigenvalue weighted by Crippen LogP contribution is -1.98. The Hall–Kier alpha value is -1.83. The number of ether oxygens (including phenoxy) is 1. The minimum absolute atomic E-state index is 0.278. The zero-order valence-electron chi connectivity index (χ0n) is 15.5. The van der Waals surface area contributed by atoms with Crippen molar-refractivity contribution in [2.45, 2.75) is 65.2 Å². The van der Waals surface area contributed by atoms with Crippen molar-refractivity contribution >= 4 is 5.97 Å². The minimum atomic E-state index is -0.278. The summed E-state index contributed by atoms with van der Waals surface area (Å²) in [5.41, 5.74) is 0. The Morgan fingerprint density at radius 1 is 0.750 bits per heavy atom. The molecule has 0 N–H and O–H groups in total. The maximum absolute atomic E-state index is 11.0. The van der Waals surface area contributed by atoms with E-state index in [2.05, 4.69) is 31.2 Å². The molecule has 0 saturated heterocycles. The molecule has 0 fully saturated rings. The van der Waals surface area contributed by atoms with Crippen LogP contribution in [0.25, 0.3) is 0 Å². The van der Waals surface area contributed by atoms with Gasteiger partial charge in [0.1, 0.15) is 0 Å². The molecule has 0 aromatic heterocycles. The second-order valence-corrected chi connectivity index (χ2v) is 5.53. The summed E-state index contributed by atoms with van der Waals surface area (Å²) in [6, 6.07) is 0. The molecule has 134 valence electrons. The molecule has 0 amide bonds. The highest BCUT2D eigenvalue weighted by molar-refractivity contribution is 5.81. The van der Waals surface area contributed by atoms with Crippen molar-refractivity contribution in [1.82, 2.24) is 0 Å². The zero-order valence-corrected chi connectivity index (χ0v) is 15.5. The summed E-state index contributed by atoms with van der Waals surface area (Å²) in [6.45, 7) is 4.46. The highest BCUT2D eigenvalue weighted by Crippen LogP contribution is 2.03. The van der Waals surface area contributed by atoms with E-state index in [0.717, 1.165) is 12.8 Å². The van der Waals surface area contributed by atoms with Gasteiger partial charge < -0.3 is 4.74 Å². The molecule has 0 spiro atoms. The molecule has 0 atom stereocenters. The summed E-state index contributed by atoms with van der Waals surface area (Å²) in [5, 5.41) is 0. The molecule has 0 aromatic rings. The molecule has 0 rings (SSSR count). The number of allylic oxidation sites excluding steroid dienone is 9. The molecular weight excluding hydrogens is 296 g/mol. The van der Waals surface area contributed by atoms with E-state index in [0.29, 0.717) is 6.61 Å². The van der Waals surface area contributed by atoms with Crippen molar-refractivity contribution in [1.29, 1.82) is 0 Å². The van der Waals surface area contributed by atoms with E-state index in [9.17, 15) is 4.79 Å². The first-order chi connectivity index (χ1) is 11.8. The van der Waals surface area contributed by atoms with Crippen LogP contribution in [0, 0.1) is 0 Å². The van der Waals surface area contributed by atoms with Gasteiger partial charge in [0.2, 0.25) is 0 Å². The van der Waals surface area contributed by atoms with E-state index in [1.165, 1.54) is 44.6 Å². The van der Waals surface area contributed by atoms with Gasteiger partial charge >= 0.3 is 5.97 Å². The summed E-state index contributed by atoms with van der Waals surface area (Å²) in [5.74, 6) is -0.278. The number of esters is 1. The third-order valence-corrected chi connectivity index (χ3v) is 3.30. The predicted octanol–water partition coefficient (Wildman–Crippen LogP) is 6.47. The van der Waals surface area contributed by atoms with Gasteiger partial charge in [-0.3, -0.25) is 0 Å². The van der Waals surface area contributed by atoms with Crippen LogP contribution in [0.1, 0.15) is 65.2 Å². The Kier molecular flexibility index (Phi) is 17.8. The summed E-state index contributed by atoms with van der Waals surface area (Å²) in [7, 11) is 0. The molecule has 0 aromatic carbocycles. The molecule has 2 nitrogen and oxygen atoms in total. The number of hydrogen-bond donors (Lipinski definition) is 0. The number of carbonyl (C=O) groups excluding carboxylic acids is 1. The molecular formula is C22H34O2. The molecule has 0 aliphatic heterocycles. The van der Waals surface area contributed by atoms with E-state index >= 15 is 0 Å². The summed E-state index contributed by atoms with van der Waals surface area (Å²) in [4.78, 5) is 11.0. The fraction of sp³-hybridized carbons (Fsp3) is 0.500. The minimum Gasteiger partial charge on any atom is -0.463 e. The van der Waals surface area contributed by atoms with Gasteiger partial charge in [-0.2, -0.15) is 0 Å². The van der Waals surface area contributed by atoms with Gasteiger partial charge in [-0.25, -0.2) is 4.79 Å². The van der Waals surface area contributed by atoms with Crippen LogP contribution in [0.15, 0.2) is 60.8 Å². The topological polar surface area (TPSA) is 26.3 Å². The number of hydrogen-bond acceptors (Lipinski definition) is 2. The van der Waals surface area contributed by atoms with Crippen molar-refractivity contribution in [3.05, 3.63) is 60.8 Å². The van der Waals surface area contributed by atoms with Crippen LogP contribution in [0.5, 0.6) is 0 Å². The van der Waals surface area contributed by atoms with Crippen molar-refractivity contribution in [3.63, 3.8) is 0 Å². The quantitative estimate of drug-likeness (QED) is 0.120. The van der Waals surface area contributed by atoms with E-state index in [4.69, 9.17) is 4.74 Å². The van der Waals surface area contributed by atoms with Gasteiger partial charge in [-0.05, 0) is 45.4 Å². The highest BCUT2D eigenvalue weighted by atomic mass is 16.5. The van der Waals surface area contributed by atoms with Gasteiger partial charge in [-0.15, -0.1) is 0 Å². The molecule has 0 aliphatic rings. The first kappa shape index (κ1) is 22.2. The largest absolute Gasteiger partial charge is 0.463 e. The maximum Gasteiger partial charge on any atom is 0.330 e. The third kappa shape index (κ3) is 18.2. The Morgan fingerprint density at radius 2 is 1.42 bits per heavy atom. The average Bonchev–Trinajstić information content (AvgIpc) is 2.58. The van der Waals surface area contributed by atoms with Crippen molar-refractivity contribution in [2.75, 3.05) is 6.61 Å². The smallest absolute Gasteiger partial charge is 0.330 e. The first-order valence-corrected chi connectivity index (χ1v) is 9.27. The Morgan fingerprint density at radius 3 is 2.12 bits per heavy atom. The lowest BCUT2D eigenvalue weighted by molar-refractivity contribution is -0.137. The summed E-state index contributed by atoms with van der Waals surface area (Å²) >= 11 is 0. The van der Waals surface area contributed by atoms with Crippen LogP contribution in [0.4, 0.5) is 0 Å². The van der Waals surface area contributed by atoms with Gasteiger partial charge in [0.05, 0.1) is 6.61 Å². The average molecular weight is 331 g/mol. The standard InChI is InChI=1S/C22H34O2/c1-3-5-6-7-8-9-10-11-12-13-14-15-16-17-18-19-20-21-22(23)24-4-2/h8-9,13-18,20-21H,3-7,10-12,19H2,1-2H3/b9-8+,14-13?,16-15?,18-17+,21-20?. The van der Waals surface area contributed by atoms with Crippen LogP contribution >= 0.6 is 0 Å². The number of unbranched alkanes of at least 4 members (excludes halogenated alkanes) is 5. The molecule has 0 aliphatic carbocycles. The van der Waals surface area contributed by atoms with Crippen LogP contribution in [0.2, 0.25) is 0 Å². The number of carbonyl (C=O) groups is 1. The SMILES string of the molecule is CCCCC/C=C/CCCC=CC=C/C=C/CC=CC(=O)OCC. The van der Waals surface area contributed by atoms with E-state index in [1.807, 2.05) is 24.3 Å². The van der Waals surface area contributed by atoms with E-state index < -0.39 is 0 Å². The molecule has 0 unspecified atom stereocenters. The normalized spacial score (nSPS) is 12.6. The predicted molar refractivity (Wildman–Crippen MR) is 105 cm³/mol. The molecule has 0 radical (unpaired) electrons. The third-order valence-electron chi connectivity index (χ3n) is 3.30. The number of rotatable bonds is 14. The van der Waals surface area contributed by atoms with Crippen LogP contribution in [-0.2, 0) is 9.53 Å². The van der Waals surface area contributed by atoms with Gasteiger partial charge in [0, 0.05) is 6.08 Å². The highest BCUT2D eigenvalue weighted by Gasteiger charge is 1.90. The molecule has 0 heterocycles. The monoisotopic (exact) mass is 330 g/mol. The maximum atomic E-state index is 11.0. The zero-order chi connectivity index (χ0) is 17.7. The Balaban J connectivity index is 3.54. The summed E-state index contributed by atoms with van der Waals surface area (Å²) in [6.07, 6.45) is 29.6. The fourth-order valence-electron chi connectivity index (χ4n) is 1.99. The Labute approximate surface area is 148 Å². The second kappa shape index (κ2) is 19.2. The van der Waals surface area contributed by atoms with Gasteiger partial charge in [0.25, 0.3) is 0 Å². The molecule has 2 heteroatoms.